The van der Waals surface area contributed by atoms with Crippen molar-refractivity contribution in [1.82, 2.24) is 9.78 Å². The summed E-state index contributed by atoms with van der Waals surface area (Å²) in [5.41, 5.74) is 8.76. The Morgan fingerprint density at radius 1 is 1.37 bits per heavy atom. The zero-order chi connectivity index (χ0) is 13.8. The van der Waals surface area contributed by atoms with Crippen LogP contribution in [-0.2, 0) is 12.3 Å². The fraction of sp³-hybridized carbons (Fsp3) is 0.357. The van der Waals surface area contributed by atoms with Gasteiger partial charge in [-0.1, -0.05) is 0 Å². The van der Waals surface area contributed by atoms with Gasteiger partial charge in [0.1, 0.15) is 5.75 Å². The number of benzene rings is 1. The van der Waals surface area contributed by atoms with E-state index in [4.69, 9.17) is 10.5 Å². The number of hydrogen-bond acceptors (Lipinski definition) is 4. The maximum atomic E-state index is 5.76. The van der Waals surface area contributed by atoms with E-state index in [0.717, 1.165) is 34.3 Å². The molecule has 4 nitrogen and oxygen atoms in total. The Kier molecular flexibility index (Phi) is 4.37. The van der Waals surface area contributed by atoms with Crippen molar-refractivity contribution in [2.24, 2.45) is 0 Å². The van der Waals surface area contributed by atoms with Crippen LogP contribution >= 0.6 is 11.8 Å². The molecule has 19 heavy (non-hydrogen) atoms. The number of nitrogens with zero attached hydrogens (tertiary/aromatic N) is 2. The first-order chi connectivity index (χ1) is 9.13. The number of hydrogen-bond donors (Lipinski definition) is 1. The molecular formula is C14H19N3OS. The van der Waals surface area contributed by atoms with Crippen molar-refractivity contribution in [1.29, 1.82) is 0 Å². The summed E-state index contributed by atoms with van der Waals surface area (Å²) in [4.78, 5) is 1.10. The van der Waals surface area contributed by atoms with Crippen LogP contribution in [0, 0.1) is 6.92 Å². The predicted octanol–water partition coefficient (Wildman–Crippen LogP) is 3.09. The van der Waals surface area contributed by atoms with Crippen LogP contribution < -0.4 is 10.5 Å². The maximum absolute atomic E-state index is 5.76. The highest BCUT2D eigenvalue weighted by atomic mass is 32.2. The Balaban J connectivity index is 2.14. The molecule has 0 aliphatic rings. The Labute approximate surface area is 117 Å². The van der Waals surface area contributed by atoms with E-state index in [-0.39, 0.29) is 0 Å². The molecular weight excluding hydrogens is 258 g/mol. The highest BCUT2D eigenvalue weighted by molar-refractivity contribution is 7.98. The first-order valence-electron chi connectivity index (χ1n) is 6.23. The first kappa shape index (κ1) is 13.8. The third kappa shape index (κ3) is 3.23. The Morgan fingerprint density at radius 2 is 2.16 bits per heavy atom. The van der Waals surface area contributed by atoms with Gasteiger partial charge in [0, 0.05) is 34.6 Å². The molecule has 0 aliphatic carbocycles. The van der Waals surface area contributed by atoms with Crippen molar-refractivity contribution in [2.75, 3.05) is 12.8 Å². The van der Waals surface area contributed by atoms with Gasteiger partial charge in [0.25, 0.3) is 0 Å². The highest BCUT2D eigenvalue weighted by Gasteiger charge is 2.08. The second kappa shape index (κ2) is 6.02. The second-order valence-electron chi connectivity index (χ2n) is 4.29. The van der Waals surface area contributed by atoms with Gasteiger partial charge in [-0.2, -0.15) is 5.10 Å². The molecule has 1 aromatic heterocycles. The minimum Gasteiger partial charge on any atom is -0.496 e. The second-order valence-corrected chi connectivity index (χ2v) is 5.31. The molecule has 0 aliphatic heterocycles. The van der Waals surface area contributed by atoms with E-state index in [9.17, 15) is 0 Å². The standard InChI is InChI=1S/C14H19N3OS/c1-4-17-12(7-10(2)16-17)9-19-14-6-5-11(15)8-13(14)18-3/h5-8H,4,9,15H2,1-3H3. The third-order valence-corrected chi connectivity index (χ3v) is 3.94. The molecule has 0 spiro atoms. The van der Waals surface area contributed by atoms with Gasteiger partial charge >= 0.3 is 0 Å². The molecule has 5 heteroatoms. The summed E-state index contributed by atoms with van der Waals surface area (Å²) in [6.07, 6.45) is 0. The number of ether oxygens (including phenoxy) is 1. The lowest BCUT2D eigenvalue weighted by Gasteiger charge is -2.09. The quantitative estimate of drug-likeness (QED) is 0.674. The average Bonchev–Trinajstić information content (AvgIpc) is 2.77. The first-order valence-corrected chi connectivity index (χ1v) is 7.22. The van der Waals surface area contributed by atoms with Gasteiger partial charge in [-0.25, -0.2) is 0 Å². The fourth-order valence-electron chi connectivity index (χ4n) is 1.94. The number of methoxy groups -OCH3 is 1. The Hall–Kier alpha value is -1.62. The smallest absolute Gasteiger partial charge is 0.134 e. The van der Waals surface area contributed by atoms with E-state index in [1.54, 1.807) is 18.9 Å². The molecule has 0 saturated carbocycles. The van der Waals surface area contributed by atoms with Gasteiger partial charge in [-0.3, -0.25) is 4.68 Å². The summed E-state index contributed by atoms with van der Waals surface area (Å²) in [6.45, 7) is 5.01. The molecule has 102 valence electrons. The van der Waals surface area contributed by atoms with Gasteiger partial charge in [-0.05, 0) is 32.0 Å². The van der Waals surface area contributed by atoms with Crippen LogP contribution in [-0.4, -0.2) is 16.9 Å². The molecule has 0 bridgehead atoms. The summed E-state index contributed by atoms with van der Waals surface area (Å²) in [5.74, 6) is 1.69. The summed E-state index contributed by atoms with van der Waals surface area (Å²) >= 11 is 1.73. The number of aryl methyl sites for hydroxylation is 2. The SMILES string of the molecule is CCn1nc(C)cc1CSc1ccc(N)cc1OC. The summed E-state index contributed by atoms with van der Waals surface area (Å²) in [6, 6.07) is 7.87. The molecule has 1 aromatic carbocycles. The molecule has 2 aromatic rings. The van der Waals surface area contributed by atoms with Gasteiger partial charge in [-0.15, -0.1) is 11.8 Å². The predicted molar refractivity (Wildman–Crippen MR) is 79.6 cm³/mol. The number of thioether (sulfide) groups is 1. The van der Waals surface area contributed by atoms with E-state index in [0.29, 0.717) is 0 Å². The summed E-state index contributed by atoms with van der Waals surface area (Å²) < 4.78 is 7.39. The number of anilines is 1. The van der Waals surface area contributed by atoms with Gasteiger partial charge in [0.15, 0.2) is 0 Å². The minimum absolute atomic E-state index is 0.718. The van der Waals surface area contributed by atoms with E-state index < -0.39 is 0 Å². The van der Waals surface area contributed by atoms with E-state index in [2.05, 4.69) is 18.1 Å². The van der Waals surface area contributed by atoms with E-state index in [1.165, 1.54) is 5.69 Å². The molecule has 0 saturated heterocycles. The van der Waals surface area contributed by atoms with Crippen LogP contribution in [0.5, 0.6) is 5.75 Å². The van der Waals surface area contributed by atoms with Gasteiger partial charge in [0.05, 0.1) is 12.8 Å². The molecule has 0 radical (unpaired) electrons. The van der Waals surface area contributed by atoms with Crippen LogP contribution in [0.25, 0.3) is 0 Å². The summed E-state index contributed by atoms with van der Waals surface area (Å²) in [7, 11) is 1.67. The number of nitrogens with two attached hydrogens (primary N) is 1. The normalized spacial score (nSPS) is 10.7. The Morgan fingerprint density at radius 3 is 2.84 bits per heavy atom. The maximum Gasteiger partial charge on any atom is 0.134 e. The van der Waals surface area contributed by atoms with E-state index in [1.807, 2.05) is 29.8 Å². The zero-order valence-corrected chi connectivity index (χ0v) is 12.3. The molecule has 2 rings (SSSR count). The molecule has 0 unspecified atom stereocenters. The summed E-state index contributed by atoms with van der Waals surface area (Å²) in [5, 5.41) is 4.45. The number of aromatic nitrogens is 2. The monoisotopic (exact) mass is 277 g/mol. The third-order valence-electron chi connectivity index (χ3n) is 2.85. The van der Waals surface area contributed by atoms with Crippen molar-refractivity contribution >= 4 is 17.4 Å². The van der Waals surface area contributed by atoms with Crippen LogP contribution in [0.1, 0.15) is 18.3 Å². The zero-order valence-electron chi connectivity index (χ0n) is 11.5. The average molecular weight is 277 g/mol. The van der Waals surface area contributed by atoms with Gasteiger partial charge < -0.3 is 10.5 Å². The van der Waals surface area contributed by atoms with Crippen molar-refractivity contribution in [3.8, 4) is 5.75 Å². The molecule has 0 amide bonds. The van der Waals surface area contributed by atoms with Crippen LogP contribution in [0.15, 0.2) is 29.2 Å². The van der Waals surface area contributed by atoms with Crippen molar-refractivity contribution in [3.05, 3.63) is 35.7 Å². The topological polar surface area (TPSA) is 53.1 Å². The molecule has 0 fully saturated rings. The number of nitrogen functional groups attached to an aromatic ring is 1. The Bertz CT molecular complexity index is 566. The molecule has 2 N–H and O–H groups in total. The fourth-order valence-corrected chi connectivity index (χ4v) is 2.93. The highest BCUT2D eigenvalue weighted by Crippen LogP contribution is 2.33. The largest absolute Gasteiger partial charge is 0.496 e. The van der Waals surface area contributed by atoms with Crippen LogP contribution in [0.4, 0.5) is 5.69 Å². The lowest BCUT2D eigenvalue weighted by atomic mass is 10.3. The number of rotatable bonds is 5. The van der Waals surface area contributed by atoms with E-state index >= 15 is 0 Å². The van der Waals surface area contributed by atoms with Gasteiger partial charge in [0.2, 0.25) is 0 Å². The molecule has 0 atom stereocenters. The molecule has 1 heterocycles. The van der Waals surface area contributed by atoms with Crippen LogP contribution in [0.2, 0.25) is 0 Å². The van der Waals surface area contributed by atoms with Crippen molar-refractivity contribution in [2.45, 2.75) is 31.0 Å². The van der Waals surface area contributed by atoms with Crippen molar-refractivity contribution < 1.29 is 4.74 Å². The lowest BCUT2D eigenvalue weighted by Crippen LogP contribution is -2.01. The van der Waals surface area contributed by atoms with Crippen LogP contribution in [0.3, 0.4) is 0 Å². The lowest BCUT2D eigenvalue weighted by molar-refractivity contribution is 0.405. The minimum atomic E-state index is 0.718. The van der Waals surface area contributed by atoms with Crippen molar-refractivity contribution in [3.63, 3.8) is 0 Å².